The van der Waals surface area contributed by atoms with E-state index in [1.54, 1.807) is 0 Å². The quantitative estimate of drug-likeness (QED) is 0.351. The van der Waals surface area contributed by atoms with E-state index in [-0.39, 0.29) is 5.97 Å². The van der Waals surface area contributed by atoms with E-state index in [0.717, 1.165) is 44.0 Å². The number of nitrogens with zero attached hydrogens (tertiary/aromatic N) is 1. The summed E-state index contributed by atoms with van der Waals surface area (Å²) in [6.07, 6.45) is 8.18. The van der Waals surface area contributed by atoms with Gasteiger partial charge >= 0.3 is 5.97 Å². The number of ether oxygens (including phenoxy) is 2. The van der Waals surface area contributed by atoms with Gasteiger partial charge in [-0.25, -0.2) is 4.79 Å². The molecule has 30 heavy (non-hydrogen) atoms. The van der Waals surface area contributed by atoms with Crippen LogP contribution in [0.2, 0.25) is 0 Å². The van der Waals surface area contributed by atoms with Crippen molar-refractivity contribution in [1.29, 1.82) is 0 Å². The van der Waals surface area contributed by atoms with Crippen LogP contribution in [-0.2, 0) is 4.74 Å². The summed E-state index contributed by atoms with van der Waals surface area (Å²) in [5, 5.41) is 0. The second kappa shape index (κ2) is 11.4. The van der Waals surface area contributed by atoms with Crippen LogP contribution in [-0.4, -0.2) is 32.3 Å². The predicted molar refractivity (Wildman–Crippen MR) is 123 cm³/mol. The van der Waals surface area contributed by atoms with Crippen LogP contribution < -0.4 is 9.64 Å². The van der Waals surface area contributed by atoms with Crippen molar-refractivity contribution in [3.63, 3.8) is 0 Å². The van der Waals surface area contributed by atoms with Crippen molar-refractivity contribution in [2.45, 2.75) is 46.0 Å². The Bertz CT molecular complexity index is 824. The molecule has 0 saturated carbocycles. The molecular formula is C26H33NO3. The van der Waals surface area contributed by atoms with Crippen LogP contribution in [0, 0.1) is 0 Å². The molecule has 2 aromatic rings. The number of unbranched alkanes of at least 4 members (excludes halogenated alkanes) is 3. The minimum atomic E-state index is -0.265. The molecule has 1 aliphatic rings. The molecule has 2 aromatic carbocycles. The van der Waals surface area contributed by atoms with Gasteiger partial charge < -0.3 is 14.4 Å². The van der Waals surface area contributed by atoms with Crippen LogP contribution >= 0.6 is 0 Å². The topological polar surface area (TPSA) is 38.8 Å². The molecule has 0 spiro atoms. The Morgan fingerprint density at radius 2 is 1.73 bits per heavy atom. The number of hydrogen-bond donors (Lipinski definition) is 0. The van der Waals surface area contributed by atoms with E-state index in [0.29, 0.717) is 12.2 Å². The number of benzene rings is 2. The molecule has 0 N–H and O–H groups in total. The molecule has 4 heteroatoms. The number of carbonyl (C=O) groups is 1. The standard InChI is InChI=1S/C26H33NO3/c1-3-5-6-7-20-30-25-14-10-21(11-15-25)22-16-18-27(19-17-22)24-12-8-23(9-13-24)26(28)29-4-2/h8-16H,3-7,17-20H2,1-2H3. The van der Waals surface area contributed by atoms with E-state index < -0.39 is 0 Å². The highest BCUT2D eigenvalue weighted by molar-refractivity contribution is 5.89. The lowest BCUT2D eigenvalue weighted by molar-refractivity contribution is 0.0526. The Hall–Kier alpha value is -2.75. The number of esters is 1. The first kappa shape index (κ1) is 21.9. The van der Waals surface area contributed by atoms with Gasteiger partial charge in [-0.15, -0.1) is 0 Å². The molecule has 0 unspecified atom stereocenters. The highest BCUT2D eigenvalue weighted by atomic mass is 16.5. The molecule has 1 aliphatic heterocycles. The largest absolute Gasteiger partial charge is 0.494 e. The van der Waals surface area contributed by atoms with Crippen LogP contribution in [0.4, 0.5) is 5.69 Å². The Balaban J connectivity index is 1.52. The third-order valence-electron chi connectivity index (χ3n) is 5.44. The van der Waals surface area contributed by atoms with Crippen molar-refractivity contribution < 1.29 is 14.3 Å². The molecule has 3 rings (SSSR count). The zero-order valence-electron chi connectivity index (χ0n) is 18.2. The molecule has 160 valence electrons. The van der Waals surface area contributed by atoms with Crippen molar-refractivity contribution in [2.75, 3.05) is 31.2 Å². The van der Waals surface area contributed by atoms with Crippen molar-refractivity contribution in [3.8, 4) is 5.75 Å². The van der Waals surface area contributed by atoms with Gasteiger partial charge in [0.15, 0.2) is 0 Å². The molecule has 0 aromatic heterocycles. The molecule has 0 saturated heterocycles. The summed E-state index contributed by atoms with van der Waals surface area (Å²) in [6, 6.07) is 16.2. The van der Waals surface area contributed by atoms with Gasteiger partial charge in [0.05, 0.1) is 18.8 Å². The summed E-state index contributed by atoms with van der Waals surface area (Å²) >= 11 is 0. The van der Waals surface area contributed by atoms with Crippen LogP contribution in [0.1, 0.15) is 61.9 Å². The van der Waals surface area contributed by atoms with Crippen molar-refractivity contribution in [1.82, 2.24) is 0 Å². The van der Waals surface area contributed by atoms with E-state index in [4.69, 9.17) is 9.47 Å². The van der Waals surface area contributed by atoms with Gasteiger partial charge in [-0.3, -0.25) is 0 Å². The van der Waals surface area contributed by atoms with E-state index in [1.807, 2.05) is 31.2 Å². The maximum Gasteiger partial charge on any atom is 0.338 e. The zero-order chi connectivity index (χ0) is 21.2. The van der Waals surface area contributed by atoms with Crippen molar-refractivity contribution in [2.24, 2.45) is 0 Å². The van der Waals surface area contributed by atoms with Gasteiger partial charge in [0, 0.05) is 18.8 Å². The van der Waals surface area contributed by atoms with E-state index in [2.05, 4.69) is 42.2 Å². The molecular weight excluding hydrogens is 374 g/mol. The molecule has 0 aliphatic carbocycles. The molecule has 0 amide bonds. The number of hydrogen-bond acceptors (Lipinski definition) is 4. The van der Waals surface area contributed by atoms with Gasteiger partial charge in [0.2, 0.25) is 0 Å². The Labute approximate surface area is 180 Å². The van der Waals surface area contributed by atoms with Gasteiger partial charge in [-0.1, -0.05) is 44.4 Å². The van der Waals surface area contributed by atoms with Crippen LogP contribution in [0.15, 0.2) is 54.6 Å². The summed E-state index contributed by atoms with van der Waals surface area (Å²) < 4.78 is 10.9. The smallest absolute Gasteiger partial charge is 0.338 e. The lowest BCUT2D eigenvalue weighted by Crippen LogP contribution is -2.28. The van der Waals surface area contributed by atoms with Gasteiger partial charge in [-0.2, -0.15) is 0 Å². The lowest BCUT2D eigenvalue weighted by Gasteiger charge is -2.28. The summed E-state index contributed by atoms with van der Waals surface area (Å²) in [4.78, 5) is 14.1. The van der Waals surface area contributed by atoms with Crippen molar-refractivity contribution >= 4 is 17.2 Å². The van der Waals surface area contributed by atoms with E-state index >= 15 is 0 Å². The van der Waals surface area contributed by atoms with Crippen molar-refractivity contribution in [3.05, 3.63) is 65.7 Å². The average molecular weight is 408 g/mol. The number of carbonyl (C=O) groups excluding carboxylic acids is 1. The normalized spacial score (nSPS) is 13.7. The molecule has 0 atom stereocenters. The number of anilines is 1. The number of rotatable bonds is 10. The first-order valence-corrected chi connectivity index (χ1v) is 11.2. The fraction of sp³-hybridized carbons (Fsp3) is 0.423. The van der Waals surface area contributed by atoms with E-state index in [1.165, 1.54) is 30.4 Å². The molecule has 0 radical (unpaired) electrons. The summed E-state index contributed by atoms with van der Waals surface area (Å²) in [6.45, 7) is 7.06. The van der Waals surface area contributed by atoms with Crippen LogP contribution in [0.5, 0.6) is 5.75 Å². The third-order valence-corrected chi connectivity index (χ3v) is 5.44. The fourth-order valence-electron chi connectivity index (χ4n) is 3.67. The average Bonchev–Trinajstić information content (AvgIpc) is 2.80. The fourth-order valence-corrected chi connectivity index (χ4v) is 3.67. The Morgan fingerprint density at radius 1 is 0.967 bits per heavy atom. The zero-order valence-corrected chi connectivity index (χ0v) is 18.2. The first-order valence-electron chi connectivity index (χ1n) is 11.2. The van der Waals surface area contributed by atoms with Crippen LogP contribution in [0.3, 0.4) is 0 Å². The first-order chi connectivity index (χ1) is 14.7. The Morgan fingerprint density at radius 3 is 2.37 bits per heavy atom. The lowest BCUT2D eigenvalue weighted by atomic mass is 9.99. The monoisotopic (exact) mass is 407 g/mol. The second-order valence-electron chi connectivity index (χ2n) is 7.63. The third kappa shape index (κ3) is 6.12. The molecule has 0 fully saturated rings. The SMILES string of the molecule is CCCCCCOc1ccc(C2=CCN(c3ccc(C(=O)OCC)cc3)CC2)cc1. The summed E-state index contributed by atoms with van der Waals surface area (Å²) in [7, 11) is 0. The molecule has 4 nitrogen and oxygen atoms in total. The maximum atomic E-state index is 11.8. The van der Waals surface area contributed by atoms with Gasteiger partial charge in [0.1, 0.15) is 5.75 Å². The highest BCUT2D eigenvalue weighted by Crippen LogP contribution is 2.27. The van der Waals surface area contributed by atoms with Gasteiger partial charge in [0.25, 0.3) is 0 Å². The molecule has 0 bridgehead atoms. The minimum absolute atomic E-state index is 0.265. The van der Waals surface area contributed by atoms with E-state index in [9.17, 15) is 4.79 Å². The minimum Gasteiger partial charge on any atom is -0.494 e. The highest BCUT2D eigenvalue weighted by Gasteiger charge is 2.14. The van der Waals surface area contributed by atoms with Gasteiger partial charge in [-0.05, 0) is 67.3 Å². The molecule has 1 heterocycles. The Kier molecular flexibility index (Phi) is 8.37. The predicted octanol–water partition coefficient (Wildman–Crippen LogP) is 6.12. The summed E-state index contributed by atoms with van der Waals surface area (Å²) in [5.74, 6) is 0.688. The maximum absolute atomic E-state index is 11.8. The summed E-state index contributed by atoms with van der Waals surface area (Å²) in [5.41, 5.74) is 4.38. The van der Waals surface area contributed by atoms with Crippen LogP contribution in [0.25, 0.3) is 5.57 Å². The second-order valence-corrected chi connectivity index (χ2v) is 7.63.